The van der Waals surface area contributed by atoms with Crippen molar-refractivity contribution in [1.29, 1.82) is 0 Å². The third kappa shape index (κ3) is 2.56. The van der Waals surface area contributed by atoms with E-state index in [1.807, 2.05) is 12.1 Å². The van der Waals surface area contributed by atoms with Gasteiger partial charge in [-0.05, 0) is 24.8 Å². The molecule has 1 aromatic carbocycles. The van der Waals surface area contributed by atoms with Gasteiger partial charge in [-0.1, -0.05) is 38.5 Å². The maximum absolute atomic E-state index is 6.35. The zero-order valence-electron chi connectivity index (χ0n) is 11.0. The van der Waals surface area contributed by atoms with Crippen molar-refractivity contribution in [2.75, 3.05) is 7.11 Å². The summed E-state index contributed by atoms with van der Waals surface area (Å²) in [7, 11) is 1.69. The molecule has 0 amide bonds. The number of hydrogen-bond acceptors (Lipinski definition) is 2. The summed E-state index contributed by atoms with van der Waals surface area (Å²) in [6.45, 7) is 8.63. The normalized spacial score (nSPS) is 13.6. The highest BCUT2D eigenvalue weighted by molar-refractivity contribution is 5.39. The smallest absolute Gasteiger partial charge is 0.123 e. The van der Waals surface area contributed by atoms with E-state index in [-0.39, 0.29) is 11.5 Å². The van der Waals surface area contributed by atoms with Gasteiger partial charge in [-0.3, -0.25) is 0 Å². The molecular formula is C14H23NO. The Hall–Kier alpha value is -1.02. The summed E-state index contributed by atoms with van der Waals surface area (Å²) in [5.41, 5.74) is 8.76. The Balaban J connectivity index is 3.16. The minimum absolute atomic E-state index is 0.00681. The van der Waals surface area contributed by atoms with Gasteiger partial charge in [-0.25, -0.2) is 0 Å². The average Bonchev–Trinajstić information content (AvgIpc) is 2.28. The van der Waals surface area contributed by atoms with Gasteiger partial charge in [0.05, 0.1) is 7.11 Å². The molecule has 0 radical (unpaired) electrons. The van der Waals surface area contributed by atoms with Gasteiger partial charge in [-0.2, -0.15) is 0 Å². The predicted octanol–water partition coefficient (Wildman–Crippen LogP) is 3.44. The van der Waals surface area contributed by atoms with Crippen LogP contribution in [0, 0.1) is 12.3 Å². The Morgan fingerprint density at radius 2 is 2.00 bits per heavy atom. The fraction of sp³-hybridized carbons (Fsp3) is 0.571. The van der Waals surface area contributed by atoms with E-state index in [0.717, 1.165) is 17.7 Å². The lowest BCUT2D eigenvalue weighted by atomic mass is 9.78. The second kappa shape index (κ2) is 4.88. The number of rotatable bonds is 4. The molecule has 0 aromatic heterocycles. The van der Waals surface area contributed by atoms with Gasteiger partial charge >= 0.3 is 0 Å². The summed E-state index contributed by atoms with van der Waals surface area (Å²) in [6.07, 6.45) is 1.05. The second-order valence-electron chi connectivity index (χ2n) is 5.07. The number of ether oxygens (including phenoxy) is 1. The van der Waals surface area contributed by atoms with Crippen LogP contribution in [0.4, 0.5) is 0 Å². The van der Waals surface area contributed by atoms with Gasteiger partial charge < -0.3 is 10.5 Å². The molecule has 1 aromatic rings. The quantitative estimate of drug-likeness (QED) is 0.845. The molecule has 0 bridgehead atoms. The summed E-state index contributed by atoms with van der Waals surface area (Å²) >= 11 is 0. The molecule has 0 fully saturated rings. The molecule has 0 aliphatic heterocycles. The van der Waals surface area contributed by atoms with Crippen LogP contribution in [-0.4, -0.2) is 7.11 Å². The molecule has 0 aliphatic carbocycles. The van der Waals surface area contributed by atoms with Crippen LogP contribution in [0.15, 0.2) is 18.2 Å². The van der Waals surface area contributed by atoms with Crippen LogP contribution in [0.3, 0.4) is 0 Å². The molecule has 0 saturated heterocycles. The maximum atomic E-state index is 6.35. The highest BCUT2D eigenvalue weighted by atomic mass is 16.5. The Morgan fingerprint density at radius 1 is 1.38 bits per heavy atom. The minimum Gasteiger partial charge on any atom is -0.496 e. The van der Waals surface area contributed by atoms with Gasteiger partial charge in [-0.15, -0.1) is 0 Å². The van der Waals surface area contributed by atoms with E-state index in [1.54, 1.807) is 7.11 Å². The third-order valence-electron chi connectivity index (χ3n) is 3.47. The number of benzene rings is 1. The molecule has 2 N–H and O–H groups in total. The molecule has 1 atom stereocenters. The Bertz CT molecular complexity index is 358. The number of methoxy groups -OCH3 is 1. The molecule has 1 rings (SSSR count). The maximum Gasteiger partial charge on any atom is 0.123 e. The van der Waals surface area contributed by atoms with E-state index < -0.39 is 0 Å². The average molecular weight is 221 g/mol. The van der Waals surface area contributed by atoms with E-state index in [0.29, 0.717) is 0 Å². The first-order valence-corrected chi connectivity index (χ1v) is 5.82. The van der Waals surface area contributed by atoms with Gasteiger partial charge in [0.1, 0.15) is 5.75 Å². The minimum atomic E-state index is 0.00681. The Morgan fingerprint density at radius 3 is 2.50 bits per heavy atom. The van der Waals surface area contributed by atoms with Gasteiger partial charge in [0, 0.05) is 11.6 Å². The van der Waals surface area contributed by atoms with Crippen LogP contribution in [0.25, 0.3) is 0 Å². The zero-order chi connectivity index (χ0) is 12.3. The second-order valence-corrected chi connectivity index (χ2v) is 5.07. The van der Waals surface area contributed by atoms with Crippen molar-refractivity contribution in [2.24, 2.45) is 11.1 Å². The van der Waals surface area contributed by atoms with Crippen LogP contribution >= 0.6 is 0 Å². The molecule has 0 heterocycles. The standard InChI is InChI=1S/C14H23NO/c1-6-14(3,4)13(15)11-9-10(2)7-8-12(11)16-5/h7-9,13H,6,15H2,1-5H3. The van der Waals surface area contributed by atoms with Crippen molar-refractivity contribution in [3.8, 4) is 5.75 Å². The Kier molecular flexibility index (Phi) is 3.98. The van der Waals surface area contributed by atoms with E-state index in [2.05, 4.69) is 33.8 Å². The van der Waals surface area contributed by atoms with E-state index in [4.69, 9.17) is 10.5 Å². The molecular weight excluding hydrogens is 198 g/mol. The van der Waals surface area contributed by atoms with Crippen molar-refractivity contribution >= 4 is 0 Å². The first-order chi connectivity index (χ1) is 7.42. The highest BCUT2D eigenvalue weighted by Crippen LogP contribution is 2.38. The number of hydrogen-bond donors (Lipinski definition) is 1. The molecule has 0 spiro atoms. The zero-order valence-corrected chi connectivity index (χ0v) is 11.0. The lowest BCUT2D eigenvalue weighted by molar-refractivity contribution is 0.271. The molecule has 0 saturated carbocycles. The van der Waals surface area contributed by atoms with Crippen molar-refractivity contribution in [2.45, 2.75) is 40.2 Å². The lowest BCUT2D eigenvalue weighted by Gasteiger charge is -2.31. The fourth-order valence-electron chi connectivity index (χ4n) is 1.74. The molecule has 90 valence electrons. The first kappa shape index (κ1) is 13.0. The monoisotopic (exact) mass is 221 g/mol. The molecule has 0 aliphatic rings. The van der Waals surface area contributed by atoms with Crippen molar-refractivity contribution < 1.29 is 4.74 Å². The van der Waals surface area contributed by atoms with Crippen molar-refractivity contribution in [3.63, 3.8) is 0 Å². The van der Waals surface area contributed by atoms with Crippen molar-refractivity contribution in [3.05, 3.63) is 29.3 Å². The van der Waals surface area contributed by atoms with Crippen LogP contribution < -0.4 is 10.5 Å². The lowest BCUT2D eigenvalue weighted by Crippen LogP contribution is -2.29. The summed E-state index contributed by atoms with van der Waals surface area (Å²) in [4.78, 5) is 0. The summed E-state index contributed by atoms with van der Waals surface area (Å²) in [5, 5.41) is 0. The predicted molar refractivity (Wildman–Crippen MR) is 68.7 cm³/mol. The summed E-state index contributed by atoms with van der Waals surface area (Å²) < 4.78 is 5.38. The van der Waals surface area contributed by atoms with E-state index in [1.165, 1.54) is 5.56 Å². The molecule has 2 heteroatoms. The Labute approximate surface area is 98.8 Å². The molecule has 1 unspecified atom stereocenters. The SMILES string of the molecule is CCC(C)(C)C(N)c1cc(C)ccc1OC. The van der Waals surface area contributed by atoms with Gasteiger partial charge in [0.25, 0.3) is 0 Å². The van der Waals surface area contributed by atoms with Gasteiger partial charge in [0.2, 0.25) is 0 Å². The first-order valence-electron chi connectivity index (χ1n) is 5.82. The van der Waals surface area contributed by atoms with Gasteiger partial charge in [0.15, 0.2) is 0 Å². The summed E-state index contributed by atoms with van der Waals surface area (Å²) in [6, 6.07) is 6.18. The fourth-order valence-corrected chi connectivity index (χ4v) is 1.74. The summed E-state index contributed by atoms with van der Waals surface area (Å²) in [5.74, 6) is 0.889. The van der Waals surface area contributed by atoms with Crippen molar-refractivity contribution in [1.82, 2.24) is 0 Å². The van der Waals surface area contributed by atoms with E-state index >= 15 is 0 Å². The third-order valence-corrected chi connectivity index (χ3v) is 3.47. The highest BCUT2D eigenvalue weighted by Gasteiger charge is 2.27. The van der Waals surface area contributed by atoms with Crippen LogP contribution in [0.2, 0.25) is 0 Å². The van der Waals surface area contributed by atoms with Crippen LogP contribution in [0.5, 0.6) is 5.75 Å². The number of nitrogens with two attached hydrogens (primary N) is 1. The number of aryl methyl sites for hydroxylation is 1. The molecule has 2 nitrogen and oxygen atoms in total. The van der Waals surface area contributed by atoms with Crippen LogP contribution in [0.1, 0.15) is 44.4 Å². The van der Waals surface area contributed by atoms with Crippen LogP contribution in [-0.2, 0) is 0 Å². The van der Waals surface area contributed by atoms with E-state index in [9.17, 15) is 0 Å². The molecule has 16 heavy (non-hydrogen) atoms. The largest absolute Gasteiger partial charge is 0.496 e. The topological polar surface area (TPSA) is 35.2 Å².